The third-order valence-electron chi connectivity index (χ3n) is 4.59. The van der Waals surface area contributed by atoms with Crippen molar-refractivity contribution in [1.29, 1.82) is 0 Å². The Hall–Kier alpha value is -2.73. The molecule has 2 aromatic heterocycles. The van der Waals surface area contributed by atoms with Gasteiger partial charge in [0.1, 0.15) is 0 Å². The molecule has 6 heteroatoms. The number of thioether (sulfide) groups is 1. The molecule has 0 fully saturated rings. The minimum Gasteiger partial charge on any atom is -0.355 e. The first kappa shape index (κ1) is 20.0. The van der Waals surface area contributed by atoms with Gasteiger partial charge in [-0.05, 0) is 46.2 Å². The molecule has 0 aliphatic carbocycles. The number of hydrogen-bond acceptors (Lipinski definition) is 5. The number of carbonyl (C=O) groups excluding carboxylic acids is 2. The van der Waals surface area contributed by atoms with E-state index < -0.39 is 0 Å². The lowest BCUT2D eigenvalue weighted by Gasteiger charge is -2.11. The Balaban J connectivity index is 1.86. The van der Waals surface area contributed by atoms with Gasteiger partial charge in [0.15, 0.2) is 16.7 Å². The van der Waals surface area contributed by atoms with Gasteiger partial charge in [0.2, 0.25) is 0 Å². The summed E-state index contributed by atoms with van der Waals surface area (Å²) in [7, 11) is 0. The van der Waals surface area contributed by atoms with Gasteiger partial charge in [-0.25, -0.2) is 9.97 Å². The molecule has 0 saturated carbocycles. The molecule has 2 heterocycles. The summed E-state index contributed by atoms with van der Waals surface area (Å²) in [5.74, 6) is -0.107. The van der Waals surface area contributed by atoms with E-state index in [0.29, 0.717) is 22.0 Å². The van der Waals surface area contributed by atoms with E-state index in [1.165, 1.54) is 18.7 Å². The maximum absolute atomic E-state index is 13.0. The lowest BCUT2D eigenvalue weighted by Crippen LogP contribution is -2.16. The molecule has 3 rings (SSSR count). The van der Waals surface area contributed by atoms with Crippen molar-refractivity contribution in [1.82, 2.24) is 15.0 Å². The number of nitrogens with one attached hydrogen (secondary N) is 1. The molecule has 5 nitrogen and oxygen atoms in total. The SMILES string of the molecule is CC(=O)c1c(C)[nH]c(C(=O)C(C)Sc2nc(C)cc(-c3ccccc3)n2)c1C. The average molecular weight is 394 g/mol. The van der Waals surface area contributed by atoms with Crippen LogP contribution >= 0.6 is 11.8 Å². The smallest absolute Gasteiger partial charge is 0.192 e. The number of carbonyl (C=O) groups is 2. The van der Waals surface area contributed by atoms with Crippen molar-refractivity contribution in [3.8, 4) is 11.3 Å². The molecule has 1 atom stereocenters. The molecule has 0 radical (unpaired) electrons. The van der Waals surface area contributed by atoms with Crippen LogP contribution in [0.1, 0.15) is 51.6 Å². The van der Waals surface area contributed by atoms with Crippen molar-refractivity contribution >= 4 is 23.3 Å². The lowest BCUT2D eigenvalue weighted by molar-refractivity contribution is 0.0988. The zero-order valence-corrected chi connectivity index (χ0v) is 17.5. The second-order valence-corrected chi connectivity index (χ2v) is 8.16. The van der Waals surface area contributed by atoms with Gasteiger partial charge >= 0.3 is 0 Å². The minimum atomic E-state index is -0.387. The molecule has 1 unspecified atom stereocenters. The molecule has 3 aromatic rings. The van der Waals surface area contributed by atoms with Crippen molar-refractivity contribution in [2.24, 2.45) is 0 Å². The van der Waals surface area contributed by atoms with Gasteiger partial charge in [0.25, 0.3) is 0 Å². The molecule has 0 saturated heterocycles. The highest BCUT2D eigenvalue weighted by atomic mass is 32.2. The van der Waals surface area contributed by atoms with Crippen LogP contribution in [0.2, 0.25) is 0 Å². The predicted octanol–water partition coefficient (Wildman–Crippen LogP) is 4.96. The largest absolute Gasteiger partial charge is 0.355 e. The Kier molecular flexibility index (Phi) is 5.79. The van der Waals surface area contributed by atoms with Crippen LogP contribution in [0, 0.1) is 20.8 Å². The quantitative estimate of drug-likeness (QED) is 0.364. The molecule has 0 bridgehead atoms. The molecule has 144 valence electrons. The van der Waals surface area contributed by atoms with E-state index in [0.717, 1.165) is 22.6 Å². The summed E-state index contributed by atoms with van der Waals surface area (Å²) in [4.78, 5) is 37.0. The monoisotopic (exact) mass is 393 g/mol. The summed E-state index contributed by atoms with van der Waals surface area (Å²) in [6.07, 6.45) is 0. The van der Waals surface area contributed by atoms with Gasteiger partial charge in [-0.2, -0.15) is 0 Å². The number of aromatic nitrogens is 3. The number of nitrogens with zero attached hydrogens (tertiary/aromatic N) is 2. The number of H-pyrrole nitrogens is 1. The zero-order valence-electron chi connectivity index (χ0n) is 16.7. The number of aryl methyl sites for hydroxylation is 2. The second-order valence-electron chi connectivity index (χ2n) is 6.85. The molecular weight excluding hydrogens is 370 g/mol. The van der Waals surface area contributed by atoms with Crippen LogP contribution < -0.4 is 0 Å². The molecule has 0 aliphatic heterocycles. The number of rotatable bonds is 6. The number of ketones is 2. The normalized spacial score (nSPS) is 12.0. The number of benzene rings is 1. The summed E-state index contributed by atoms with van der Waals surface area (Å²) in [5, 5.41) is 0.175. The summed E-state index contributed by atoms with van der Waals surface area (Å²) in [6.45, 7) is 8.89. The highest BCUT2D eigenvalue weighted by Gasteiger charge is 2.25. The van der Waals surface area contributed by atoms with Crippen LogP contribution in [0.3, 0.4) is 0 Å². The van der Waals surface area contributed by atoms with Crippen LogP contribution in [0.25, 0.3) is 11.3 Å². The van der Waals surface area contributed by atoms with Gasteiger partial charge in [0, 0.05) is 22.5 Å². The van der Waals surface area contributed by atoms with Gasteiger partial charge in [0.05, 0.1) is 16.6 Å². The Labute approximate surface area is 169 Å². The fraction of sp³-hybridized carbons (Fsp3) is 0.273. The van der Waals surface area contributed by atoms with E-state index in [-0.39, 0.29) is 16.8 Å². The number of aromatic amines is 1. The summed E-state index contributed by atoms with van der Waals surface area (Å²) < 4.78 is 0. The third-order valence-corrected chi connectivity index (χ3v) is 5.55. The maximum atomic E-state index is 13.0. The van der Waals surface area contributed by atoms with Crippen molar-refractivity contribution in [3.63, 3.8) is 0 Å². The third kappa shape index (κ3) is 4.07. The molecule has 0 aliphatic rings. The van der Waals surface area contributed by atoms with Crippen LogP contribution in [-0.2, 0) is 0 Å². The van der Waals surface area contributed by atoms with Crippen LogP contribution in [0.4, 0.5) is 0 Å². The van der Waals surface area contributed by atoms with Crippen LogP contribution in [0.15, 0.2) is 41.6 Å². The van der Waals surface area contributed by atoms with Crippen molar-refractivity contribution in [2.75, 3.05) is 0 Å². The zero-order chi connectivity index (χ0) is 20.4. The van der Waals surface area contributed by atoms with Gasteiger partial charge in [-0.1, -0.05) is 42.1 Å². The number of Topliss-reactive ketones (excluding diaryl/α,β-unsaturated/α-hetero) is 2. The molecule has 0 amide bonds. The second kappa shape index (κ2) is 8.10. The number of hydrogen-bond donors (Lipinski definition) is 1. The van der Waals surface area contributed by atoms with E-state index in [9.17, 15) is 9.59 Å². The fourth-order valence-corrected chi connectivity index (χ4v) is 4.18. The molecule has 28 heavy (non-hydrogen) atoms. The molecule has 1 N–H and O–H groups in total. The molecular formula is C22H23N3O2S. The van der Waals surface area contributed by atoms with E-state index in [4.69, 9.17) is 0 Å². The average Bonchev–Trinajstić information content (AvgIpc) is 2.95. The minimum absolute atomic E-state index is 0.0415. The fourth-order valence-electron chi connectivity index (χ4n) is 3.29. The predicted molar refractivity (Wildman–Crippen MR) is 112 cm³/mol. The van der Waals surface area contributed by atoms with Gasteiger partial charge in [-0.3, -0.25) is 9.59 Å². The van der Waals surface area contributed by atoms with Crippen molar-refractivity contribution in [3.05, 3.63) is 64.6 Å². The van der Waals surface area contributed by atoms with Gasteiger partial charge < -0.3 is 4.98 Å². The highest BCUT2D eigenvalue weighted by Crippen LogP contribution is 2.28. The van der Waals surface area contributed by atoms with E-state index in [2.05, 4.69) is 15.0 Å². The Morgan fingerprint density at radius 1 is 1.07 bits per heavy atom. The standard InChI is InChI=1S/C22H23N3O2S/c1-12-11-18(17-9-7-6-8-10-17)25-22(23-12)28-16(5)21(27)20-13(2)19(15(4)26)14(3)24-20/h6-11,16,24H,1-5H3. The Morgan fingerprint density at radius 2 is 1.75 bits per heavy atom. The summed E-state index contributed by atoms with van der Waals surface area (Å²) in [5.41, 5.74) is 5.21. The summed E-state index contributed by atoms with van der Waals surface area (Å²) in [6, 6.07) is 11.8. The van der Waals surface area contributed by atoms with E-state index >= 15 is 0 Å². The highest BCUT2D eigenvalue weighted by molar-refractivity contribution is 8.00. The topological polar surface area (TPSA) is 75.7 Å². The first-order valence-corrected chi connectivity index (χ1v) is 9.98. The van der Waals surface area contributed by atoms with Gasteiger partial charge in [-0.15, -0.1) is 0 Å². The summed E-state index contributed by atoms with van der Waals surface area (Å²) >= 11 is 1.33. The molecule has 1 aromatic carbocycles. The van der Waals surface area contributed by atoms with E-state index in [1.807, 2.05) is 64.1 Å². The van der Waals surface area contributed by atoms with Crippen LogP contribution in [0.5, 0.6) is 0 Å². The van der Waals surface area contributed by atoms with Crippen molar-refractivity contribution in [2.45, 2.75) is 45.0 Å². The lowest BCUT2D eigenvalue weighted by atomic mass is 10.0. The van der Waals surface area contributed by atoms with Crippen LogP contribution in [-0.4, -0.2) is 31.8 Å². The van der Waals surface area contributed by atoms with E-state index in [1.54, 1.807) is 0 Å². The Bertz CT molecular complexity index is 1040. The molecule has 0 spiro atoms. The maximum Gasteiger partial charge on any atom is 0.192 e. The first-order valence-electron chi connectivity index (χ1n) is 9.10. The van der Waals surface area contributed by atoms with Crippen molar-refractivity contribution < 1.29 is 9.59 Å². The first-order chi connectivity index (χ1) is 13.3. The Morgan fingerprint density at radius 3 is 2.36 bits per heavy atom.